The Morgan fingerprint density at radius 1 is 1.57 bits per heavy atom. The molecule has 2 N–H and O–H groups in total. The number of aromatic nitrogens is 1. The second-order valence-electron chi connectivity index (χ2n) is 5.50. The highest BCUT2D eigenvalue weighted by atomic mass is 19.1. The Labute approximate surface area is 120 Å². The van der Waals surface area contributed by atoms with Gasteiger partial charge in [-0.05, 0) is 20.8 Å². The molecule has 2 rings (SSSR count). The van der Waals surface area contributed by atoms with Gasteiger partial charge in [0.05, 0.1) is 6.20 Å². The second-order valence-corrected chi connectivity index (χ2v) is 5.50. The van der Waals surface area contributed by atoms with Crippen LogP contribution >= 0.6 is 0 Å². The molecule has 114 valence electrons. The van der Waals surface area contributed by atoms with Crippen LogP contribution in [0.5, 0.6) is 5.75 Å². The van der Waals surface area contributed by atoms with Gasteiger partial charge in [0.25, 0.3) is 5.91 Å². The van der Waals surface area contributed by atoms with Crippen molar-refractivity contribution >= 4 is 17.7 Å². The minimum absolute atomic E-state index is 0.137. The molecule has 0 bridgehead atoms. The van der Waals surface area contributed by atoms with Crippen molar-refractivity contribution in [2.45, 2.75) is 32.4 Å². The van der Waals surface area contributed by atoms with Crippen molar-refractivity contribution in [2.24, 2.45) is 0 Å². The molecule has 0 saturated heterocycles. The third kappa shape index (κ3) is 4.04. The molecule has 1 aromatic heterocycles. The molecule has 1 atom stereocenters. The molecule has 2 amide bonds. The van der Waals surface area contributed by atoms with E-state index in [2.05, 4.69) is 15.6 Å². The molecule has 0 aromatic carbocycles. The number of hydrogen-bond donors (Lipinski definition) is 2. The first-order valence-electron chi connectivity index (χ1n) is 6.33. The Balaban J connectivity index is 2.05. The van der Waals surface area contributed by atoms with Crippen LogP contribution in [0.25, 0.3) is 0 Å². The van der Waals surface area contributed by atoms with Crippen LogP contribution < -0.4 is 15.4 Å². The van der Waals surface area contributed by atoms with Gasteiger partial charge in [0.2, 0.25) is 5.95 Å². The number of fused-ring (bicyclic) bond motifs is 1. The number of nitrogens with zero attached hydrogens (tertiary/aromatic N) is 1. The minimum Gasteiger partial charge on any atom is -0.488 e. The fourth-order valence-corrected chi connectivity index (χ4v) is 1.65. The van der Waals surface area contributed by atoms with Crippen LogP contribution in [0.2, 0.25) is 0 Å². The first-order chi connectivity index (χ1) is 9.74. The Hall–Kier alpha value is -2.38. The lowest BCUT2D eigenvalue weighted by atomic mass is 10.2. The van der Waals surface area contributed by atoms with Crippen LogP contribution in [0, 0.1) is 5.95 Å². The number of ether oxygens (including phenoxy) is 2. The summed E-state index contributed by atoms with van der Waals surface area (Å²) >= 11 is 0. The molecule has 0 fully saturated rings. The summed E-state index contributed by atoms with van der Waals surface area (Å²) in [5.41, 5.74) is -0.433. The molecule has 7 nitrogen and oxygen atoms in total. The van der Waals surface area contributed by atoms with Crippen LogP contribution in [-0.4, -0.2) is 35.2 Å². The number of nitrogens with one attached hydrogen (secondary N) is 2. The molecule has 0 unspecified atom stereocenters. The SMILES string of the molecule is CC(C)(C)OC(=O)N[C@H]1COc2cc(F)ncc2NC1=O. The molecule has 0 spiro atoms. The maximum absolute atomic E-state index is 13.0. The summed E-state index contributed by atoms with van der Waals surface area (Å²) in [6.07, 6.45) is 0.417. The predicted molar refractivity (Wildman–Crippen MR) is 71.5 cm³/mol. The highest BCUT2D eigenvalue weighted by Gasteiger charge is 2.28. The van der Waals surface area contributed by atoms with E-state index in [1.165, 1.54) is 0 Å². The van der Waals surface area contributed by atoms with Crippen molar-refractivity contribution < 1.29 is 23.5 Å². The standard InChI is InChI=1S/C13H16FN3O4/c1-13(2,3)21-12(19)17-8-6-20-9-4-10(14)15-5-7(9)16-11(8)18/h4-5,8H,6H2,1-3H3,(H,16,18)(H,17,19)/t8-/m0/s1. The van der Waals surface area contributed by atoms with E-state index in [9.17, 15) is 14.0 Å². The summed E-state index contributed by atoms with van der Waals surface area (Å²) in [4.78, 5) is 27.1. The van der Waals surface area contributed by atoms with Gasteiger partial charge in [0.15, 0.2) is 0 Å². The van der Waals surface area contributed by atoms with Crippen LogP contribution in [0.15, 0.2) is 12.3 Å². The molecule has 21 heavy (non-hydrogen) atoms. The van der Waals surface area contributed by atoms with E-state index in [4.69, 9.17) is 9.47 Å². The van der Waals surface area contributed by atoms with E-state index in [1.54, 1.807) is 20.8 Å². The van der Waals surface area contributed by atoms with Crippen LogP contribution in [-0.2, 0) is 9.53 Å². The Morgan fingerprint density at radius 3 is 2.95 bits per heavy atom. The number of hydrogen-bond acceptors (Lipinski definition) is 5. The number of carbonyl (C=O) groups excluding carboxylic acids is 2. The largest absolute Gasteiger partial charge is 0.488 e. The minimum atomic E-state index is -0.949. The van der Waals surface area contributed by atoms with Gasteiger partial charge in [-0.15, -0.1) is 0 Å². The van der Waals surface area contributed by atoms with E-state index in [0.29, 0.717) is 0 Å². The van der Waals surface area contributed by atoms with Crippen molar-refractivity contribution in [3.63, 3.8) is 0 Å². The zero-order valence-electron chi connectivity index (χ0n) is 11.9. The molecule has 1 aromatic rings. The van der Waals surface area contributed by atoms with Crippen molar-refractivity contribution in [1.82, 2.24) is 10.3 Å². The Kier molecular flexibility index (Phi) is 3.97. The van der Waals surface area contributed by atoms with Gasteiger partial charge in [0, 0.05) is 6.07 Å². The van der Waals surface area contributed by atoms with Gasteiger partial charge < -0.3 is 20.1 Å². The Bertz CT molecular complexity index is 571. The zero-order chi connectivity index (χ0) is 15.6. The van der Waals surface area contributed by atoms with Gasteiger partial charge in [-0.3, -0.25) is 4.79 Å². The molecule has 1 aliphatic heterocycles. The number of rotatable bonds is 1. The summed E-state index contributed by atoms with van der Waals surface area (Å²) in [5.74, 6) is -1.06. The molecule has 0 radical (unpaired) electrons. The fourth-order valence-electron chi connectivity index (χ4n) is 1.65. The second kappa shape index (κ2) is 5.55. The van der Waals surface area contributed by atoms with Gasteiger partial charge >= 0.3 is 6.09 Å². The smallest absolute Gasteiger partial charge is 0.408 e. The lowest BCUT2D eigenvalue weighted by molar-refractivity contribution is -0.118. The summed E-state index contributed by atoms with van der Waals surface area (Å²) in [6, 6.07) is 0.112. The number of anilines is 1. The van der Waals surface area contributed by atoms with Gasteiger partial charge in [-0.1, -0.05) is 0 Å². The molecule has 1 aliphatic rings. The van der Waals surface area contributed by atoms with Gasteiger partial charge in [-0.2, -0.15) is 4.39 Å². The van der Waals surface area contributed by atoms with E-state index in [0.717, 1.165) is 12.3 Å². The van der Waals surface area contributed by atoms with Crippen molar-refractivity contribution in [3.05, 3.63) is 18.2 Å². The molecular formula is C13H16FN3O4. The highest BCUT2D eigenvalue weighted by molar-refractivity contribution is 5.98. The summed E-state index contributed by atoms with van der Waals surface area (Å²) in [6.45, 7) is 4.99. The van der Waals surface area contributed by atoms with Crippen LogP contribution in [0.4, 0.5) is 14.9 Å². The lowest BCUT2D eigenvalue weighted by Crippen LogP contribution is -2.48. The first-order valence-corrected chi connectivity index (χ1v) is 6.33. The highest BCUT2D eigenvalue weighted by Crippen LogP contribution is 2.26. The third-order valence-electron chi connectivity index (χ3n) is 2.50. The summed E-state index contributed by atoms with van der Waals surface area (Å²) < 4.78 is 23.4. The predicted octanol–water partition coefficient (Wildman–Crippen LogP) is 1.44. The fraction of sp³-hybridized carbons (Fsp3) is 0.462. The maximum Gasteiger partial charge on any atom is 0.408 e. The number of halogens is 1. The van der Waals surface area contributed by atoms with Crippen LogP contribution in [0.1, 0.15) is 20.8 Å². The Morgan fingerprint density at radius 2 is 2.29 bits per heavy atom. The van der Waals surface area contributed by atoms with E-state index >= 15 is 0 Å². The lowest BCUT2D eigenvalue weighted by Gasteiger charge is -2.22. The number of amides is 2. The number of alkyl carbamates (subject to hydrolysis) is 1. The molecule has 2 heterocycles. The zero-order valence-corrected chi connectivity index (χ0v) is 11.9. The molecule has 0 aliphatic carbocycles. The normalized spacial score (nSPS) is 17.9. The number of pyridine rings is 1. The average Bonchev–Trinajstić information content (AvgIpc) is 2.48. The van der Waals surface area contributed by atoms with Gasteiger partial charge in [0.1, 0.15) is 29.7 Å². The van der Waals surface area contributed by atoms with Gasteiger partial charge in [-0.25, -0.2) is 9.78 Å². The van der Waals surface area contributed by atoms with E-state index in [1.807, 2.05) is 0 Å². The monoisotopic (exact) mass is 297 g/mol. The van der Waals surface area contributed by atoms with Crippen LogP contribution in [0.3, 0.4) is 0 Å². The summed E-state index contributed by atoms with van der Waals surface area (Å²) in [7, 11) is 0. The molecule has 0 saturated carbocycles. The molecule has 8 heteroatoms. The first kappa shape index (κ1) is 15.0. The quantitative estimate of drug-likeness (QED) is 0.766. The van der Waals surface area contributed by atoms with Crippen molar-refractivity contribution in [3.8, 4) is 5.75 Å². The maximum atomic E-state index is 13.0. The summed E-state index contributed by atoms with van der Waals surface area (Å²) in [5, 5.41) is 4.91. The van der Waals surface area contributed by atoms with Crippen molar-refractivity contribution in [1.29, 1.82) is 0 Å². The number of carbonyl (C=O) groups is 2. The third-order valence-corrected chi connectivity index (χ3v) is 2.50. The van der Waals surface area contributed by atoms with Crippen molar-refractivity contribution in [2.75, 3.05) is 11.9 Å². The average molecular weight is 297 g/mol. The molecular weight excluding hydrogens is 281 g/mol. The van der Waals surface area contributed by atoms with E-state index < -0.39 is 29.6 Å². The van der Waals surface area contributed by atoms with E-state index in [-0.39, 0.29) is 18.0 Å². The topological polar surface area (TPSA) is 89.6 Å².